The first-order valence-electron chi connectivity index (χ1n) is 9.91. The topological polar surface area (TPSA) is 55.2 Å². The highest BCUT2D eigenvalue weighted by atomic mass is 19.3. The number of benzene rings is 1. The summed E-state index contributed by atoms with van der Waals surface area (Å²) in [5.41, 5.74) is 1.75. The van der Waals surface area contributed by atoms with Crippen molar-refractivity contribution in [2.45, 2.75) is 45.3 Å². The van der Waals surface area contributed by atoms with Gasteiger partial charge in [-0.2, -0.15) is 0 Å². The summed E-state index contributed by atoms with van der Waals surface area (Å²) in [5, 5.41) is 10.9. The number of para-hydroxylation sites is 1. The number of rotatable bonds is 6. The molecule has 1 aromatic carbocycles. The molecule has 0 spiro atoms. The minimum Gasteiger partial charge on any atom is -0.485 e. The number of alkyl halides is 2. The van der Waals surface area contributed by atoms with Gasteiger partial charge >= 0.3 is 0 Å². The van der Waals surface area contributed by atoms with Crippen LogP contribution in [0.15, 0.2) is 48.8 Å². The van der Waals surface area contributed by atoms with E-state index in [0.29, 0.717) is 18.0 Å². The number of aromatic nitrogens is 2. The lowest BCUT2D eigenvalue weighted by Gasteiger charge is -2.42. The minimum atomic E-state index is -2.71. The first-order valence-corrected chi connectivity index (χ1v) is 9.91. The molecule has 0 amide bonds. The third-order valence-electron chi connectivity index (χ3n) is 5.48. The molecular formula is C23H24F2N2O2. The second-order valence-electron chi connectivity index (χ2n) is 8.06. The van der Waals surface area contributed by atoms with Crippen molar-refractivity contribution in [2.24, 2.45) is 11.8 Å². The number of aliphatic hydroxyl groups excluding tert-OH is 1. The normalized spacial score (nSPS) is 21.6. The molecule has 3 atom stereocenters. The average Bonchev–Trinajstić information content (AvgIpc) is 2.71. The number of fused-ring (bicyclic) bond motifs is 1. The van der Waals surface area contributed by atoms with Gasteiger partial charge in [-0.05, 0) is 37.0 Å². The Kier molecular flexibility index (Phi) is 5.46. The molecule has 1 N–H and O–H groups in total. The smallest absolute Gasteiger partial charge is 0.267 e. The summed E-state index contributed by atoms with van der Waals surface area (Å²) in [5.74, 6) is 0.660. The zero-order valence-electron chi connectivity index (χ0n) is 16.4. The van der Waals surface area contributed by atoms with E-state index in [1.54, 1.807) is 12.3 Å². The fourth-order valence-electron chi connectivity index (χ4n) is 4.05. The molecule has 4 nitrogen and oxygen atoms in total. The molecule has 3 aromatic rings. The second-order valence-corrected chi connectivity index (χ2v) is 8.06. The third-order valence-corrected chi connectivity index (χ3v) is 5.48. The summed E-state index contributed by atoms with van der Waals surface area (Å²) in [6.45, 7) is 4.20. The fraction of sp³-hybridized carbons (Fsp3) is 0.391. The lowest BCUT2D eigenvalue weighted by atomic mass is 9.74. The van der Waals surface area contributed by atoms with E-state index < -0.39 is 18.6 Å². The number of hydrogen-bond donors (Lipinski definition) is 1. The van der Waals surface area contributed by atoms with Crippen LogP contribution in [-0.2, 0) is 0 Å². The fourth-order valence-corrected chi connectivity index (χ4v) is 4.05. The van der Waals surface area contributed by atoms with E-state index in [4.69, 9.17) is 4.74 Å². The number of ether oxygens (including phenoxy) is 1. The van der Waals surface area contributed by atoms with E-state index >= 15 is 0 Å². The Balaban J connectivity index is 1.67. The van der Waals surface area contributed by atoms with Crippen LogP contribution in [0.3, 0.4) is 0 Å². The Labute approximate surface area is 168 Å². The summed E-state index contributed by atoms with van der Waals surface area (Å²) < 4.78 is 33.5. The number of pyridine rings is 2. The zero-order valence-corrected chi connectivity index (χ0v) is 16.4. The molecule has 6 heteroatoms. The van der Waals surface area contributed by atoms with Gasteiger partial charge in [-0.1, -0.05) is 32.0 Å². The van der Waals surface area contributed by atoms with Gasteiger partial charge in [0.1, 0.15) is 11.9 Å². The van der Waals surface area contributed by atoms with Crippen molar-refractivity contribution in [3.63, 3.8) is 0 Å². The summed E-state index contributed by atoms with van der Waals surface area (Å²) in [4.78, 5) is 8.71. The first kappa shape index (κ1) is 19.7. The monoisotopic (exact) mass is 398 g/mol. The summed E-state index contributed by atoms with van der Waals surface area (Å²) >= 11 is 0. The van der Waals surface area contributed by atoms with Gasteiger partial charge in [-0.25, -0.2) is 8.78 Å². The molecule has 1 fully saturated rings. The van der Waals surface area contributed by atoms with Crippen LogP contribution in [0, 0.1) is 11.8 Å². The van der Waals surface area contributed by atoms with E-state index in [1.807, 2.05) is 24.3 Å². The predicted molar refractivity (Wildman–Crippen MR) is 108 cm³/mol. The van der Waals surface area contributed by atoms with Crippen molar-refractivity contribution in [2.75, 3.05) is 0 Å². The maximum atomic E-state index is 13.8. The van der Waals surface area contributed by atoms with Gasteiger partial charge in [0, 0.05) is 23.1 Å². The van der Waals surface area contributed by atoms with Gasteiger partial charge in [0.05, 0.1) is 29.1 Å². The Morgan fingerprint density at radius 1 is 1.17 bits per heavy atom. The van der Waals surface area contributed by atoms with Crippen LogP contribution in [0.5, 0.6) is 5.75 Å². The van der Waals surface area contributed by atoms with Crippen molar-refractivity contribution in [1.82, 2.24) is 9.97 Å². The maximum Gasteiger partial charge on any atom is 0.267 e. The molecule has 0 bridgehead atoms. The lowest BCUT2D eigenvalue weighted by Crippen LogP contribution is -2.50. The lowest BCUT2D eigenvalue weighted by molar-refractivity contribution is -0.0933. The molecule has 2 heterocycles. The molecule has 2 aromatic heterocycles. The number of aliphatic hydroxyl groups is 1. The van der Waals surface area contributed by atoms with Gasteiger partial charge in [-0.3, -0.25) is 9.97 Å². The number of hydrogen-bond acceptors (Lipinski definition) is 4. The van der Waals surface area contributed by atoms with Crippen LogP contribution < -0.4 is 4.74 Å². The van der Waals surface area contributed by atoms with E-state index in [-0.39, 0.29) is 17.2 Å². The highest BCUT2D eigenvalue weighted by molar-refractivity contribution is 5.93. The van der Waals surface area contributed by atoms with Crippen molar-refractivity contribution >= 4 is 10.9 Å². The summed E-state index contributed by atoms with van der Waals surface area (Å²) in [6, 6.07) is 10.7. The van der Waals surface area contributed by atoms with Crippen molar-refractivity contribution in [3.8, 4) is 17.0 Å². The van der Waals surface area contributed by atoms with Crippen LogP contribution in [0.1, 0.15) is 38.7 Å². The second kappa shape index (κ2) is 8.03. The Hall–Kier alpha value is -2.60. The van der Waals surface area contributed by atoms with Gasteiger partial charge in [-0.15, -0.1) is 0 Å². The van der Waals surface area contributed by atoms with E-state index in [0.717, 1.165) is 22.9 Å². The van der Waals surface area contributed by atoms with E-state index in [2.05, 4.69) is 23.8 Å². The molecule has 2 unspecified atom stereocenters. The van der Waals surface area contributed by atoms with Crippen LogP contribution >= 0.6 is 0 Å². The van der Waals surface area contributed by atoms with E-state index in [1.165, 1.54) is 12.3 Å². The first-order chi connectivity index (χ1) is 13.9. The highest BCUT2D eigenvalue weighted by Gasteiger charge is 2.42. The Morgan fingerprint density at radius 3 is 2.69 bits per heavy atom. The van der Waals surface area contributed by atoms with Crippen LogP contribution in [0.2, 0.25) is 0 Å². The van der Waals surface area contributed by atoms with Crippen LogP contribution in [0.4, 0.5) is 8.78 Å². The number of halogens is 2. The van der Waals surface area contributed by atoms with Crippen LogP contribution in [-0.4, -0.2) is 27.3 Å². The molecule has 0 aliphatic heterocycles. The maximum absolute atomic E-state index is 13.8. The number of nitrogens with zero attached hydrogens (tertiary/aromatic N) is 2. The molecule has 1 aliphatic carbocycles. The van der Waals surface area contributed by atoms with E-state index in [9.17, 15) is 13.9 Å². The van der Waals surface area contributed by atoms with Gasteiger partial charge in [0.25, 0.3) is 6.43 Å². The molecular weight excluding hydrogens is 374 g/mol. The van der Waals surface area contributed by atoms with Crippen molar-refractivity contribution < 1.29 is 18.6 Å². The van der Waals surface area contributed by atoms with Gasteiger partial charge in [0.15, 0.2) is 0 Å². The minimum absolute atomic E-state index is 0.0413. The summed E-state index contributed by atoms with van der Waals surface area (Å²) in [7, 11) is 0. The molecule has 29 heavy (non-hydrogen) atoms. The van der Waals surface area contributed by atoms with Crippen molar-refractivity contribution in [1.29, 1.82) is 0 Å². The SMILES string of the molecule is CC(C)C[C@H]1CC(O)C1Oc1cnc(-c2ccnc3ccccc23)cc1C(F)F. The standard InChI is InChI=1S/C23H24F2N2O2/c1-13(2)9-14-10-20(28)22(14)29-21-12-27-19(11-17(21)23(24)25)16-7-8-26-18-6-4-3-5-15(16)18/h3-8,11-14,20,22-23,28H,9-10H2,1-2H3/t14-,20?,22?/m0/s1. The van der Waals surface area contributed by atoms with Crippen molar-refractivity contribution in [3.05, 3.63) is 54.4 Å². The van der Waals surface area contributed by atoms with Gasteiger partial charge in [0.2, 0.25) is 0 Å². The Morgan fingerprint density at radius 2 is 1.97 bits per heavy atom. The Bertz CT molecular complexity index is 1000. The quantitative estimate of drug-likeness (QED) is 0.603. The summed E-state index contributed by atoms with van der Waals surface area (Å²) in [6.07, 6.45) is 0.719. The van der Waals surface area contributed by atoms with Crippen LogP contribution in [0.25, 0.3) is 22.2 Å². The third kappa shape index (κ3) is 3.94. The molecule has 1 aliphatic rings. The van der Waals surface area contributed by atoms with Gasteiger partial charge < -0.3 is 9.84 Å². The molecule has 0 radical (unpaired) electrons. The molecule has 1 saturated carbocycles. The largest absolute Gasteiger partial charge is 0.485 e. The average molecular weight is 398 g/mol. The predicted octanol–water partition coefficient (Wildman–Crippen LogP) is 5.41. The molecule has 152 valence electrons. The molecule has 4 rings (SSSR count). The zero-order chi connectivity index (χ0) is 20.5. The highest BCUT2D eigenvalue weighted by Crippen LogP contribution is 2.40. The molecule has 0 saturated heterocycles.